The minimum absolute atomic E-state index is 0.0300. The second-order valence-corrected chi connectivity index (χ2v) is 4.40. The molecule has 74 valence electrons. The smallest absolute Gasteiger partial charge is 0.0670 e. The highest BCUT2D eigenvalue weighted by atomic mass is 32.1. The molecule has 0 fully saturated rings. The van der Waals surface area contributed by atoms with Crippen molar-refractivity contribution in [1.82, 2.24) is 0 Å². The molecule has 1 aromatic heterocycles. The molecule has 2 nitrogen and oxygen atoms in total. The van der Waals surface area contributed by atoms with Crippen LogP contribution in [0.4, 0.5) is 0 Å². The molecular weight excluding hydrogens is 182 g/mol. The first-order chi connectivity index (χ1) is 6.11. The molecule has 1 atom stereocenters. The lowest BCUT2D eigenvalue weighted by Gasteiger charge is -2.13. The summed E-state index contributed by atoms with van der Waals surface area (Å²) >= 11 is 1.70. The van der Waals surface area contributed by atoms with Crippen molar-refractivity contribution in [1.29, 1.82) is 0 Å². The number of thiophene rings is 1. The van der Waals surface area contributed by atoms with Crippen LogP contribution in [0.3, 0.4) is 0 Å². The van der Waals surface area contributed by atoms with Crippen LogP contribution in [0.1, 0.15) is 30.3 Å². The van der Waals surface area contributed by atoms with Crippen LogP contribution in [0.2, 0.25) is 0 Å². The normalized spacial score (nSPS) is 13.6. The van der Waals surface area contributed by atoms with Gasteiger partial charge in [-0.3, -0.25) is 0 Å². The van der Waals surface area contributed by atoms with Gasteiger partial charge in [-0.1, -0.05) is 0 Å². The summed E-state index contributed by atoms with van der Waals surface area (Å²) in [7, 11) is 0. The molecule has 0 amide bonds. The van der Waals surface area contributed by atoms with Gasteiger partial charge in [0.1, 0.15) is 0 Å². The SMILES string of the molecule is Cc1ccsc1C(N)COC(C)C. The van der Waals surface area contributed by atoms with E-state index >= 15 is 0 Å². The van der Waals surface area contributed by atoms with Crippen molar-refractivity contribution in [3.05, 3.63) is 21.9 Å². The number of nitrogens with two attached hydrogens (primary N) is 1. The molecule has 13 heavy (non-hydrogen) atoms. The van der Waals surface area contributed by atoms with Crippen LogP contribution in [-0.4, -0.2) is 12.7 Å². The second kappa shape index (κ2) is 4.74. The number of hydrogen-bond donors (Lipinski definition) is 1. The van der Waals surface area contributed by atoms with E-state index in [9.17, 15) is 0 Å². The van der Waals surface area contributed by atoms with Gasteiger partial charge in [0.25, 0.3) is 0 Å². The molecule has 3 heteroatoms. The third-order valence-electron chi connectivity index (χ3n) is 1.85. The first kappa shape index (κ1) is 10.7. The molecule has 0 aliphatic carbocycles. The maximum atomic E-state index is 5.97. The zero-order valence-corrected chi connectivity index (χ0v) is 9.23. The van der Waals surface area contributed by atoms with Crippen molar-refractivity contribution in [3.63, 3.8) is 0 Å². The van der Waals surface area contributed by atoms with E-state index in [2.05, 4.69) is 18.4 Å². The molecule has 0 aliphatic rings. The van der Waals surface area contributed by atoms with E-state index in [1.54, 1.807) is 11.3 Å². The van der Waals surface area contributed by atoms with Crippen molar-refractivity contribution in [3.8, 4) is 0 Å². The third kappa shape index (κ3) is 3.10. The van der Waals surface area contributed by atoms with Crippen molar-refractivity contribution in [2.24, 2.45) is 5.73 Å². The largest absolute Gasteiger partial charge is 0.377 e. The van der Waals surface area contributed by atoms with Gasteiger partial charge < -0.3 is 10.5 Å². The van der Waals surface area contributed by atoms with Crippen molar-refractivity contribution in [2.45, 2.75) is 32.9 Å². The molecule has 0 saturated heterocycles. The molecule has 0 bridgehead atoms. The van der Waals surface area contributed by atoms with Gasteiger partial charge in [0.05, 0.1) is 18.8 Å². The summed E-state index contributed by atoms with van der Waals surface area (Å²) in [5.74, 6) is 0. The van der Waals surface area contributed by atoms with Crippen molar-refractivity contribution < 1.29 is 4.74 Å². The fraction of sp³-hybridized carbons (Fsp3) is 0.600. The first-order valence-electron chi connectivity index (χ1n) is 4.52. The Kier molecular flexibility index (Phi) is 3.90. The van der Waals surface area contributed by atoms with Crippen LogP contribution >= 0.6 is 11.3 Å². The molecule has 1 rings (SSSR count). The zero-order chi connectivity index (χ0) is 9.84. The molecule has 1 unspecified atom stereocenters. The number of hydrogen-bond acceptors (Lipinski definition) is 3. The highest BCUT2D eigenvalue weighted by molar-refractivity contribution is 7.10. The van der Waals surface area contributed by atoms with Gasteiger partial charge in [0.15, 0.2) is 0 Å². The van der Waals surface area contributed by atoms with Crippen LogP contribution in [0.15, 0.2) is 11.4 Å². The predicted molar refractivity (Wildman–Crippen MR) is 57.1 cm³/mol. The molecule has 2 N–H and O–H groups in total. The van der Waals surface area contributed by atoms with Gasteiger partial charge in [0, 0.05) is 4.88 Å². The summed E-state index contributed by atoms with van der Waals surface area (Å²) in [4.78, 5) is 1.24. The number of ether oxygens (including phenoxy) is 1. The van der Waals surface area contributed by atoms with Crippen LogP contribution in [0.5, 0.6) is 0 Å². The molecular formula is C10H17NOS. The molecule has 0 radical (unpaired) electrons. The van der Waals surface area contributed by atoms with Gasteiger partial charge >= 0.3 is 0 Å². The molecule has 1 aromatic rings. The standard InChI is InChI=1S/C10H17NOS/c1-7(2)12-6-9(11)10-8(3)4-5-13-10/h4-5,7,9H,6,11H2,1-3H3. The Morgan fingerprint density at radius 2 is 2.23 bits per heavy atom. The van der Waals surface area contributed by atoms with Gasteiger partial charge in [-0.15, -0.1) is 11.3 Å². The van der Waals surface area contributed by atoms with Gasteiger partial charge in [0.2, 0.25) is 0 Å². The minimum Gasteiger partial charge on any atom is -0.377 e. The van der Waals surface area contributed by atoms with Gasteiger partial charge in [-0.05, 0) is 37.8 Å². The Balaban J connectivity index is 2.49. The van der Waals surface area contributed by atoms with Crippen molar-refractivity contribution in [2.75, 3.05) is 6.61 Å². The summed E-state index contributed by atoms with van der Waals surface area (Å²) < 4.78 is 5.46. The first-order valence-corrected chi connectivity index (χ1v) is 5.40. The van der Waals surface area contributed by atoms with Crippen molar-refractivity contribution >= 4 is 11.3 Å². The summed E-state index contributed by atoms with van der Waals surface area (Å²) in [6.07, 6.45) is 0.256. The van der Waals surface area contributed by atoms with E-state index in [1.165, 1.54) is 10.4 Å². The Bertz CT molecular complexity index is 257. The van der Waals surface area contributed by atoms with Gasteiger partial charge in [-0.2, -0.15) is 0 Å². The topological polar surface area (TPSA) is 35.2 Å². The lowest BCUT2D eigenvalue weighted by Crippen LogP contribution is -2.19. The Hall–Kier alpha value is -0.380. The highest BCUT2D eigenvalue weighted by Gasteiger charge is 2.10. The summed E-state index contributed by atoms with van der Waals surface area (Å²) in [6, 6.07) is 2.12. The van der Waals surface area contributed by atoms with E-state index in [-0.39, 0.29) is 12.1 Å². The average Bonchev–Trinajstić information content (AvgIpc) is 2.47. The molecule has 0 spiro atoms. The Labute approximate surface area is 83.7 Å². The maximum Gasteiger partial charge on any atom is 0.0670 e. The monoisotopic (exact) mass is 199 g/mol. The second-order valence-electron chi connectivity index (χ2n) is 3.46. The van der Waals surface area contributed by atoms with Gasteiger partial charge in [-0.25, -0.2) is 0 Å². The molecule has 0 saturated carbocycles. The van der Waals surface area contributed by atoms with Crippen LogP contribution in [-0.2, 0) is 4.74 Å². The van der Waals surface area contributed by atoms with E-state index in [1.807, 2.05) is 13.8 Å². The lowest BCUT2D eigenvalue weighted by atomic mass is 10.2. The lowest BCUT2D eigenvalue weighted by molar-refractivity contribution is 0.0687. The van der Waals surface area contributed by atoms with Crippen LogP contribution in [0, 0.1) is 6.92 Å². The zero-order valence-electron chi connectivity index (χ0n) is 8.41. The van der Waals surface area contributed by atoms with E-state index in [0.29, 0.717) is 6.61 Å². The van der Waals surface area contributed by atoms with E-state index in [0.717, 1.165) is 0 Å². The summed E-state index contributed by atoms with van der Waals surface area (Å²) in [6.45, 7) is 6.74. The number of aryl methyl sites for hydroxylation is 1. The van der Waals surface area contributed by atoms with Crippen LogP contribution in [0.25, 0.3) is 0 Å². The summed E-state index contributed by atoms with van der Waals surface area (Å²) in [5, 5.41) is 2.07. The number of rotatable bonds is 4. The average molecular weight is 199 g/mol. The fourth-order valence-electron chi connectivity index (χ4n) is 1.14. The third-order valence-corrected chi connectivity index (χ3v) is 3.00. The highest BCUT2D eigenvalue weighted by Crippen LogP contribution is 2.22. The predicted octanol–water partition coefficient (Wildman–Crippen LogP) is 2.48. The maximum absolute atomic E-state index is 5.97. The summed E-state index contributed by atoms with van der Waals surface area (Å²) in [5.41, 5.74) is 7.24. The molecule has 1 heterocycles. The quantitative estimate of drug-likeness (QED) is 0.808. The minimum atomic E-state index is 0.0300. The fourth-order valence-corrected chi connectivity index (χ4v) is 2.05. The molecule has 0 aromatic carbocycles. The molecule has 0 aliphatic heterocycles. The van der Waals surface area contributed by atoms with Crippen LogP contribution < -0.4 is 5.73 Å². The Morgan fingerprint density at radius 3 is 2.69 bits per heavy atom. The van der Waals surface area contributed by atoms with E-state index < -0.39 is 0 Å². The Morgan fingerprint density at radius 1 is 1.54 bits per heavy atom. The van der Waals surface area contributed by atoms with E-state index in [4.69, 9.17) is 10.5 Å².